The van der Waals surface area contributed by atoms with E-state index in [1.54, 1.807) is 43.5 Å². The molecule has 4 aromatic rings. The van der Waals surface area contributed by atoms with Gasteiger partial charge in [0, 0.05) is 11.1 Å². The molecular weight excluding hydrogens is 462 g/mol. The van der Waals surface area contributed by atoms with Crippen LogP contribution in [0.15, 0.2) is 76.6 Å². The molecular formula is C26H25N5O5. The number of nitrogens with one attached hydrogen (secondary N) is 2. The summed E-state index contributed by atoms with van der Waals surface area (Å²) in [4.78, 5) is 17.5. The van der Waals surface area contributed by atoms with Crippen LogP contribution in [0.5, 0.6) is 23.0 Å². The minimum absolute atomic E-state index is 0.0496. The van der Waals surface area contributed by atoms with Gasteiger partial charge < -0.3 is 18.9 Å². The lowest BCUT2D eigenvalue weighted by Gasteiger charge is -2.15. The maximum Gasteiger partial charge on any atom is 0.292 e. The third-order valence-electron chi connectivity index (χ3n) is 5.28. The Morgan fingerprint density at radius 2 is 1.53 bits per heavy atom. The summed E-state index contributed by atoms with van der Waals surface area (Å²) in [6.07, 6.45) is 0. The molecule has 2 N–H and O–H groups in total. The van der Waals surface area contributed by atoms with Crippen molar-refractivity contribution in [3.8, 4) is 34.4 Å². The molecule has 0 saturated carbocycles. The van der Waals surface area contributed by atoms with Gasteiger partial charge in [0.15, 0.2) is 23.0 Å². The molecule has 1 aromatic heterocycles. The molecule has 0 saturated heterocycles. The maximum atomic E-state index is 13.0. The van der Waals surface area contributed by atoms with Crippen LogP contribution >= 0.6 is 0 Å². The van der Waals surface area contributed by atoms with Crippen LogP contribution in [0.4, 0.5) is 5.69 Å². The number of para-hydroxylation sites is 1. The van der Waals surface area contributed by atoms with E-state index in [9.17, 15) is 4.79 Å². The number of aromatic amines is 1. The van der Waals surface area contributed by atoms with Gasteiger partial charge in [0.2, 0.25) is 5.75 Å². The van der Waals surface area contributed by atoms with Crippen molar-refractivity contribution >= 4 is 11.4 Å². The van der Waals surface area contributed by atoms with Crippen molar-refractivity contribution in [1.82, 2.24) is 15.2 Å². The number of methoxy groups -OCH3 is 4. The molecule has 3 aromatic carbocycles. The summed E-state index contributed by atoms with van der Waals surface area (Å²) in [5.41, 5.74) is 4.70. The van der Waals surface area contributed by atoms with Crippen molar-refractivity contribution in [2.75, 3.05) is 33.9 Å². The molecule has 0 aliphatic heterocycles. The van der Waals surface area contributed by atoms with Crippen LogP contribution in [0.1, 0.15) is 11.3 Å². The van der Waals surface area contributed by atoms with Crippen LogP contribution in [0.2, 0.25) is 0 Å². The summed E-state index contributed by atoms with van der Waals surface area (Å²) < 4.78 is 21.7. The first kappa shape index (κ1) is 24.3. The fraction of sp³-hybridized carbons (Fsp3) is 0.154. The summed E-state index contributed by atoms with van der Waals surface area (Å²) in [5, 5.41) is 11.2. The Bertz CT molecular complexity index is 1390. The summed E-state index contributed by atoms with van der Waals surface area (Å²) in [6.45, 7) is 0. The molecule has 0 amide bonds. The molecule has 0 aliphatic carbocycles. The van der Waals surface area contributed by atoms with Crippen LogP contribution in [-0.4, -0.2) is 49.3 Å². The monoisotopic (exact) mass is 487 g/mol. The van der Waals surface area contributed by atoms with E-state index in [-0.39, 0.29) is 11.4 Å². The van der Waals surface area contributed by atoms with Crippen LogP contribution in [0, 0.1) is 0 Å². The molecule has 10 nitrogen and oxygen atoms in total. The Balaban J connectivity index is 1.89. The molecule has 1 heterocycles. The highest BCUT2D eigenvalue weighted by molar-refractivity contribution is 6.12. The van der Waals surface area contributed by atoms with Gasteiger partial charge in [-0.3, -0.25) is 10.2 Å². The highest BCUT2D eigenvalue weighted by Gasteiger charge is 2.21. The molecule has 0 unspecified atom stereocenters. The lowest BCUT2D eigenvalue weighted by Crippen LogP contribution is -2.24. The van der Waals surface area contributed by atoms with Crippen molar-refractivity contribution < 1.29 is 18.9 Å². The number of hydrogen-bond donors (Lipinski definition) is 2. The normalized spacial score (nSPS) is 11.1. The van der Waals surface area contributed by atoms with Crippen LogP contribution in [-0.2, 0) is 0 Å². The number of benzene rings is 3. The van der Waals surface area contributed by atoms with Gasteiger partial charge in [-0.15, -0.1) is 0 Å². The topological polar surface area (TPSA) is 120 Å². The zero-order valence-corrected chi connectivity index (χ0v) is 20.2. The van der Waals surface area contributed by atoms with Crippen molar-refractivity contribution in [3.63, 3.8) is 0 Å². The lowest BCUT2D eigenvalue weighted by atomic mass is 10.1. The summed E-state index contributed by atoms with van der Waals surface area (Å²) in [7, 11) is 6.13. The largest absolute Gasteiger partial charge is 0.497 e. The highest BCUT2D eigenvalue weighted by Crippen LogP contribution is 2.38. The van der Waals surface area contributed by atoms with Gasteiger partial charge in [-0.05, 0) is 48.5 Å². The molecule has 0 spiro atoms. The number of rotatable bonds is 9. The number of H-pyrrole nitrogens is 1. The van der Waals surface area contributed by atoms with E-state index in [0.717, 1.165) is 5.69 Å². The molecule has 0 aliphatic rings. The lowest BCUT2D eigenvalue weighted by molar-refractivity contribution is 0.324. The van der Waals surface area contributed by atoms with E-state index >= 15 is 0 Å². The molecule has 0 atom stereocenters. The third-order valence-corrected chi connectivity index (χ3v) is 5.28. The van der Waals surface area contributed by atoms with Crippen LogP contribution in [0.25, 0.3) is 11.4 Å². The van der Waals surface area contributed by atoms with E-state index < -0.39 is 5.56 Å². The van der Waals surface area contributed by atoms with Gasteiger partial charge in [0.1, 0.15) is 11.5 Å². The fourth-order valence-corrected chi connectivity index (χ4v) is 3.47. The molecule has 0 fully saturated rings. The zero-order valence-electron chi connectivity index (χ0n) is 20.2. The first-order chi connectivity index (χ1) is 17.6. The van der Waals surface area contributed by atoms with Crippen molar-refractivity contribution in [2.24, 2.45) is 5.10 Å². The molecule has 36 heavy (non-hydrogen) atoms. The van der Waals surface area contributed by atoms with E-state index in [2.05, 4.69) is 25.7 Å². The van der Waals surface area contributed by atoms with Gasteiger partial charge in [-0.1, -0.05) is 18.2 Å². The summed E-state index contributed by atoms with van der Waals surface area (Å²) in [6, 6.07) is 19.9. The van der Waals surface area contributed by atoms with Gasteiger partial charge >= 0.3 is 0 Å². The number of hydrazone groups is 1. The van der Waals surface area contributed by atoms with E-state index in [0.29, 0.717) is 39.9 Å². The van der Waals surface area contributed by atoms with Crippen molar-refractivity contribution in [1.29, 1.82) is 0 Å². The molecule has 184 valence electrons. The minimum Gasteiger partial charge on any atom is -0.497 e. The second-order valence-electron chi connectivity index (χ2n) is 7.42. The zero-order chi connectivity index (χ0) is 25.5. The maximum absolute atomic E-state index is 13.0. The van der Waals surface area contributed by atoms with Crippen molar-refractivity contribution in [2.45, 2.75) is 0 Å². The Morgan fingerprint density at radius 3 is 2.11 bits per heavy atom. The highest BCUT2D eigenvalue weighted by atomic mass is 16.5. The van der Waals surface area contributed by atoms with E-state index in [1.807, 2.05) is 30.3 Å². The minimum atomic E-state index is -0.519. The van der Waals surface area contributed by atoms with Crippen molar-refractivity contribution in [3.05, 3.63) is 88.3 Å². The van der Waals surface area contributed by atoms with Crippen LogP contribution in [0.3, 0.4) is 0 Å². The van der Waals surface area contributed by atoms with Crippen LogP contribution < -0.4 is 29.9 Å². The molecule has 0 radical (unpaired) electrons. The third kappa shape index (κ3) is 5.12. The Morgan fingerprint density at radius 1 is 0.861 bits per heavy atom. The number of anilines is 1. The second-order valence-corrected chi connectivity index (χ2v) is 7.42. The fourth-order valence-electron chi connectivity index (χ4n) is 3.47. The smallest absolute Gasteiger partial charge is 0.292 e. The Hall–Kier alpha value is -4.86. The van der Waals surface area contributed by atoms with Gasteiger partial charge in [-0.2, -0.15) is 10.2 Å². The Kier molecular flexibility index (Phi) is 7.45. The predicted octanol–water partition coefficient (Wildman–Crippen LogP) is 3.73. The SMILES string of the molecule is COc1ccc(-c2n[nH]c(=O)c(/C(=N/Nc3ccccc3)c3cc(OC)c(OC)c(OC)c3)n2)cc1. The molecule has 0 bridgehead atoms. The number of aromatic nitrogens is 3. The standard InChI is InChI=1S/C26H25N5O5/c1-33-19-12-10-16(11-13-19)25-27-23(26(32)31-30-25)22(29-28-18-8-6-5-7-9-18)17-14-20(34-2)24(36-4)21(15-17)35-3/h5-15,28H,1-4H3,(H,31,32)/b29-22+. The summed E-state index contributed by atoms with van der Waals surface area (Å²) in [5.74, 6) is 2.22. The van der Waals surface area contributed by atoms with E-state index in [4.69, 9.17) is 18.9 Å². The average Bonchev–Trinajstić information content (AvgIpc) is 2.94. The van der Waals surface area contributed by atoms with E-state index in [1.165, 1.54) is 21.3 Å². The number of hydrogen-bond acceptors (Lipinski definition) is 9. The van der Waals surface area contributed by atoms with Gasteiger partial charge in [-0.25, -0.2) is 10.1 Å². The molecule has 4 rings (SSSR count). The quantitative estimate of drug-likeness (QED) is 0.271. The first-order valence-electron chi connectivity index (χ1n) is 10.9. The average molecular weight is 488 g/mol. The first-order valence-corrected chi connectivity index (χ1v) is 10.9. The number of nitrogens with zero attached hydrogens (tertiary/aromatic N) is 3. The van der Waals surface area contributed by atoms with Gasteiger partial charge in [0.25, 0.3) is 5.56 Å². The number of ether oxygens (including phenoxy) is 4. The predicted molar refractivity (Wildman–Crippen MR) is 136 cm³/mol. The summed E-state index contributed by atoms with van der Waals surface area (Å²) >= 11 is 0. The second kappa shape index (κ2) is 11.0. The van der Waals surface area contributed by atoms with Gasteiger partial charge in [0.05, 0.1) is 34.1 Å². The molecule has 10 heteroatoms. The Labute approximate surface area is 207 Å².